The minimum Gasteiger partial charge on any atom is -0.123 e. The summed E-state index contributed by atoms with van der Waals surface area (Å²) in [5.74, 6) is 2.56. The van der Waals surface area contributed by atoms with Crippen LogP contribution in [0.3, 0.4) is 0 Å². The van der Waals surface area contributed by atoms with Crippen LogP contribution >= 0.6 is 11.6 Å². The SMILES string of the molecule is CCCC(C)CC1CCC(Cl)C1C. The second-order valence-corrected chi connectivity index (χ2v) is 5.40. The summed E-state index contributed by atoms with van der Waals surface area (Å²) < 4.78 is 0. The lowest BCUT2D eigenvalue weighted by Gasteiger charge is -2.20. The van der Waals surface area contributed by atoms with Crippen molar-refractivity contribution in [1.29, 1.82) is 0 Å². The Hall–Kier alpha value is 0.290. The Morgan fingerprint density at radius 3 is 2.54 bits per heavy atom. The van der Waals surface area contributed by atoms with Crippen LogP contribution in [0.2, 0.25) is 0 Å². The zero-order valence-electron chi connectivity index (χ0n) is 9.22. The smallest absolute Gasteiger partial charge is 0.0364 e. The maximum atomic E-state index is 6.22. The molecule has 4 atom stereocenters. The minimum absolute atomic E-state index is 0.457. The molecule has 0 aromatic heterocycles. The fourth-order valence-electron chi connectivity index (χ4n) is 2.65. The molecule has 13 heavy (non-hydrogen) atoms. The van der Waals surface area contributed by atoms with E-state index in [-0.39, 0.29) is 0 Å². The summed E-state index contributed by atoms with van der Waals surface area (Å²) >= 11 is 6.22. The van der Waals surface area contributed by atoms with E-state index in [4.69, 9.17) is 11.6 Å². The van der Waals surface area contributed by atoms with Gasteiger partial charge in [0, 0.05) is 5.38 Å². The molecule has 0 amide bonds. The van der Waals surface area contributed by atoms with E-state index in [1.54, 1.807) is 0 Å². The molecule has 0 N–H and O–H groups in total. The average Bonchev–Trinajstić information content (AvgIpc) is 2.37. The molecular formula is C12H23Cl. The molecule has 1 aliphatic carbocycles. The Bertz CT molecular complexity index is 144. The van der Waals surface area contributed by atoms with E-state index in [9.17, 15) is 0 Å². The number of alkyl halides is 1. The van der Waals surface area contributed by atoms with E-state index >= 15 is 0 Å². The summed E-state index contributed by atoms with van der Waals surface area (Å²) in [6.45, 7) is 6.99. The molecule has 0 bridgehead atoms. The van der Waals surface area contributed by atoms with Crippen molar-refractivity contribution < 1.29 is 0 Å². The van der Waals surface area contributed by atoms with Gasteiger partial charge in [-0.1, -0.05) is 33.6 Å². The summed E-state index contributed by atoms with van der Waals surface area (Å²) in [6, 6.07) is 0. The van der Waals surface area contributed by atoms with Gasteiger partial charge >= 0.3 is 0 Å². The first-order chi connectivity index (χ1) is 6.15. The molecule has 1 rings (SSSR count). The molecule has 0 saturated heterocycles. The maximum absolute atomic E-state index is 6.22. The predicted molar refractivity (Wildman–Crippen MR) is 60.2 cm³/mol. The molecule has 0 nitrogen and oxygen atoms in total. The molecule has 1 aliphatic rings. The lowest BCUT2D eigenvalue weighted by Crippen LogP contribution is -2.13. The summed E-state index contributed by atoms with van der Waals surface area (Å²) in [7, 11) is 0. The first kappa shape index (κ1) is 11.4. The van der Waals surface area contributed by atoms with Crippen molar-refractivity contribution in [2.45, 2.75) is 58.3 Å². The van der Waals surface area contributed by atoms with Gasteiger partial charge in [-0.2, -0.15) is 0 Å². The van der Waals surface area contributed by atoms with Crippen molar-refractivity contribution in [3.05, 3.63) is 0 Å². The first-order valence-corrected chi connectivity index (χ1v) is 6.22. The number of halogens is 1. The van der Waals surface area contributed by atoms with Crippen LogP contribution in [0.25, 0.3) is 0 Å². The van der Waals surface area contributed by atoms with E-state index in [2.05, 4.69) is 20.8 Å². The standard InChI is InChI=1S/C12H23Cl/c1-4-5-9(2)8-11-6-7-12(13)10(11)3/h9-12H,4-8H2,1-3H3. The number of hydrogen-bond acceptors (Lipinski definition) is 0. The molecule has 1 fully saturated rings. The third kappa shape index (κ3) is 3.16. The Labute approximate surface area is 88.1 Å². The van der Waals surface area contributed by atoms with E-state index in [0.717, 1.165) is 17.8 Å². The van der Waals surface area contributed by atoms with E-state index in [1.165, 1.54) is 32.1 Å². The van der Waals surface area contributed by atoms with Crippen molar-refractivity contribution in [2.24, 2.45) is 17.8 Å². The molecule has 0 aromatic carbocycles. The summed E-state index contributed by atoms with van der Waals surface area (Å²) in [6.07, 6.45) is 6.72. The summed E-state index contributed by atoms with van der Waals surface area (Å²) in [5.41, 5.74) is 0. The van der Waals surface area contributed by atoms with E-state index < -0.39 is 0 Å². The molecule has 4 unspecified atom stereocenters. The van der Waals surface area contributed by atoms with Crippen molar-refractivity contribution in [3.63, 3.8) is 0 Å². The highest BCUT2D eigenvalue weighted by Crippen LogP contribution is 2.39. The van der Waals surface area contributed by atoms with Gasteiger partial charge in [0.15, 0.2) is 0 Å². The van der Waals surface area contributed by atoms with Gasteiger partial charge in [0.2, 0.25) is 0 Å². The zero-order chi connectivity index (χ0) is 9.84. The summed E-state index contributed by atoms with van der Waals surface area (Å²) in [4.78, 5) is 0. The second kappa shape index (κ2) is 5.24. The van der Waals surface area contributed by atoms with Crippen molar-refractivity contribution >= 4 is 11.6 Å². The number of hydrogen-bond donors (Lipinski definition) is 0. The van der Waals surface area contributed by atoms with Crippen LogP contribution in [0, 0.1) is 17.8 Å². The Morgan fingerprint density at radius 1 is 1.38 bits per heavy atom. The van der Waals surface area contributed by atoms with Gasteiger partial charge in [-0.25, -0.2) is 0 Å². The summed E-state index contributed by atoms with van der Waals surface area (Å²) in [5, 5.41) is 0.457. The Morgan fingerprint density at radius 2 is 2.08 bits per heavy atom. The monoisotopic (exact) mass is 202 g/mol. The highest BCUT2D eigenvalue weighted by Gasteiger charge is 2.31. The Balaban J connectivity index is 2.29. The largest absolute Gasteiger partial charge is 0.123 e. The van der Waals surface area contributed by atoms with Gasteiger partial charge in [0.25, 0.3) is 0 Å². The minimum atomic E-state index is 0.457. The average molecular weight is 203 g/mol. The molecule has 1 saturated carbocycles. The lowest BCUT2D eigenvalue weighted by atomic mass is 9.87. The van der Waals surface area contributed by atoms with Crippen LogP contribution in [-0.4, -0.2) is 5.38 Å². The molecule has 0 aliphatic heterocycles. The van der Waals surface area contributed by atoms with Gasteiger partial charge in [0.05, 0.1) is 0 Å². The van der Waals surface area contributed by atoms with Crippen molar-refractivity contribution in [3.8, 4) is 0 Å². The van der Waals surface area contributed by atoms with Crippen LogP contribution < -0.4 is 0 Å². The molecular weight excluding hydrogens is 180 g/mol. The topological polar surface area (TPSA) is 0 Å². The van der Waals surface area contributed by atoms with Crippen LogP contribution in [0.4, 0.5) is 0 Å². The van der Waals surface area contributed by atoms with Crippen molar-refractivity contribution in [2.75, 3.05) is 0 Å². The highest BCUT2D eigenvalue weighted by molar-refractivity contribution is 6.20. The van der Waals surface area contributed by atoms with Crippen LogP contribution in [0.1, 0.15) is 52.9 Å². The van der Waals surface area contributed by atoms with Gasteiger partial charge in [-0.3, -0.25) is 0 Å². The molecule has 0 heterocycles. The van der Waals surface area contributed by atoms with Crippen LogP contribution in [0.15, 0.2) is 0 Å². The van der Waals surface area contributed by atoms with Crippen LogP contribution in [-0.2, 0) is 0 Å². The van der Waals surface area contributed by atoms with Gasteiger partial charge in [0.1, 0.15) is 0 Å². The third-order valence-electron chi connectivity index (χ3n) is 3.61. The van der Waals surface area contributed by atoms with E-state index in [0.29, 0.717) is 5.38 Å². The first-order valence-electron chi connectivity index (χ1n) is 5.79. The zero-order valence-corrected chi connectivity index (χ0v) is 9.98. The Kier molecular flexibility index (Phi) is 4.58. The second-order valence-electron chi connectivity index (χ2n) is 4.84. The number of rotatable bonds is 4. The fraction of sp³-hybridized carbons (Fsp3) is 1.00. The maximum Gasteiger partial charge on any atom is 0.0364 e. The molecule has 78 valence electrons. The normalized spacial score (nSPS) is 36.5. The van der Waals surface area contributed by atoms with E-state index in [1.807, 2.05) is 0 Å². The quantitative estimate of drug-likeness (QED) is 0.591. The van der Waals surface area contributed by atoms with Gasteiger partial charge in [-0.05, 0) is 37.0 Å². The molecule has 1 heteroatoms. The lowest BCUT2D eigenvalue weighted by molar-refractivity contribution is 0.320. The highest BCUT2D eigenvalue weighted by atomic mass is 35.5. The van der Waals surface area contributed by atoms with Crippen LogP contribution in [0.5, 0.6) is 0 Å². The molecule has 0 aromatic rings. The van der Waals surface area contributed by atoms with Gasteiger partial charge in [-0.15, -0.1) is 11.6 Å². The molecule has 0 spiro atoms. The molecule has 0 radical (unpaired) electrons. The van der Waals surface area contributed by atoms with Gasteiger partial charge < -0.3 is 0 Å². The third-order valence-corrected chi connectivity index (χ3v) is 4.23. The van der Waals surface area contributed by atoms with Crippen molar-refractivity contribution in [1.82, 2.24) is 0 Å². The predicted octanol–water partition coefficient (Wildman–Crippen LogP) is 4.47. The fourth-order valence-corrected chi connectivity index (χ4v) is 2.99.